The van der Waals surface area contributed by atoms with Crippen molar-refractivity contribution in [3.05, 3.63) is 47.0 Å². The summed E-state index contributed by atoms with van der Waals surface area (Å²) in [6.07, 6.45) is -5.27. The van der Waals surface area contributed by atoms with Crippen molar-refractivity contribution in [2.24, 2.45) is 0 Å². The molecule has 0 amide bonds. The van der Waals surface area contributed by atoms with Gasteiger partial charge in [-0.25, -0.2) is 8.78 Å². The summed E-state index contributed by atoms with van der Waals surface area (Å²) in [7, 11) is -4.83. The zero-order valence-electron chi connectivity index (χ0n) is 18.3. The van der Waals surface area contributed by atoms with Crippen molar-refractivity contribution in [2.45, 2.75) is 58.7 Å². The Morgan fingerprint density at radius 3 is 1.81 bits per heavy atom. The Kier molecular flexibility index (Phi) is 6.78. The predicted molar refractivity (Wildman–Crippen MR) is 109 cm³/mol. The van der Waals surface area contributed by atoms with Crippen LogP contribution in [0, 0.1) is 11.6 Å². The van der Waals surface area contributed by atoms with Gasteiger partial charge in [0.15, 0.2) is 23.1 Å². The van der Waals surface area contributed by atoms with Gasteiger partial charge in [-0.15, -0.1) is 0 Å². The van der Waals surface area contributed by atoms with Crippen LogP contribution in [0.2, 0.25) is 0 Å². The number of ether oxygens (including phenoxy) is 2. The van der Waals surface area contributed by atoms with E-state index in [0.29, 0.717) is 5.56 Å². The smallest absolute Gasteiger partial charge is 0.423 e. The van der Waals surface area contributed by atoms with Gasteiger partial charge in [-0.2, -0.15) is 13.2 Å². The summed E-state index contributed by atoms with van der Waals surface area (Å²) in [5, 5.41) is -0.526. The molecule has 2 aromatic rings. The standard InChI is InChI=1S/C21H24F5O5P/c1-19(2,3)11-7-12(9-13(8-11)32(27,28)29)30-17-14(22)10-15(23)18(31-20(4,5)6)16(17)21(24,25)26/h7-10H,1-6H3,(H2,27,28,29). The van der Waals surface area contributed by atoms with E-state index in [1.807, 2.05) is 0 Å². The van der Waals surface area contributed by atoms with E-state index in [9.17, 15) is 36.3 Å². The number of alkyl halides is 3. The minimum Gasteiger partial charge on any atom is -0.484 e. The van der Waals surface area contributed by atoms with Crippen LogP contribution in [-0.2, 0) is 16.2 Å². The molecule has 32 heavy (non-hydrogen) atoms. The molecule has 0 atom stereocenters. The van der Waals surface area contributed by atoms with Crippen LogP contribution in [0.15, 0.2) is 24.3 Å². The Balaban J connectivity index is 2.80. The van der Waals surface area contributed by atoms with Crippen LogP contribution in [0.3, 0.4) is 0 Å². The first-order valence-electron chi connectivity index (χ1n) is 9.38. The van der Waals surface area contributed by atoms with Gasteiger partial charge in [0, 0.05) is 6.07 Å². The predicted octanol–water partition coefficient (Wildman–Crippen LogP) is 6.05. The molecule has 0 unspecified atom stereocenters. The maximum atomic E-state index is 14.5. The van der Waals surface area contributed by atoms with Crippen LogP contribution in [0.5, 0.6) is 17.2 Å². The number of hydrogen-bond acceptors (Lipinski definition) is 3. The Morgan fingerprint density at radius 2 is 1.38 bits per heavy atom. The summed E-state index contributed by atoms with van der Waals surface area (Å²) < 4.78 is 92.5. The van der Waals surface area contributed by atoms with E-state index in [-0.39, 0.29) is 6.07 Å². The van der Waals surface area contributed by atoms with Crippen LogP contribution < -0.4 is 14.8 Å². The molecule has 0 radical (unpaired) electrons. The molecule has 2 N–H and O–H groups in total. The number of hydrogen-bond donors (Lipinski definition) is 2. The third kappa shape index (κ3) is 6.21. The normalized spacial score (nSPS) is 13.3. The molecule has 0 bridgehead atoms. The Bertz CT molecular complexity index is 1060. The van der Waals surface area contributed by atoms with E-state index in [1.165, 1.54) is 32.9 Å². The lowest BCUT2D eigenvalue weighted by Crippen LogP contribution is -2.26. The van der Waals surface area contributed by atoms with E-state index >= 15 is 0 Å². The highest BCUT2D eigenvalue weighted by molar-refractivity contribution is 7.60. The second-order valence-corrected chi connectivity index (χ2v) is 10.8. The van der Waals surface area contributed by atoms with Crippen molar-refractivity contribution >= 4 is 12.9 Å². The van der Waals surface area contributed by atoms with E-state index in [0.717, 1.165) is 6.07 Å². The fraction of sp³-hybridized carbons (Fsp3) is 0.429. The Labute approximate surface area is 182 Å². The molecule has 0 aliphatic carbocycles. The van der Waals surface area contributed by atoms with Gasteiger partial charge >= 0.3 is 13.8 Å². The molecular formula is C21H24F5O5P. The summed E-state index contributed by atoms with van der Waals surface area (Å²) >= 11 is 0. The molecule has 0 aliphatic heterocycles. The minimum absolute atomic E-state index is 0.198. The summed E-state index contributed by atoms with van der Waals surface area (Å²) in [6, 6.07) is 3.42. The molecular weight excluding hydrogens is 458 g/mol. The molecule has 0 aromatic heterocycles. The average Bonchev–Trinajstić information content (AvgIpc) is 2.55. The van der Waals surface area contributed by atoms with Gasteiger partial charge in [-0.05, 0) is 49.9 Å². The van der Waals surface area contributed by atoms with Gasteiger partial charge < -0.3 is 19.3 Å². The van der Waals surface area contributed by atoms with Gasteiger partial charge in [0.1, 0.15) is 16.9 Å². The molecule has 0 spiro atoms. The first kappa shape index (κ1) is 26.1. The number of benzene rings is 2. The lowest BCUT2D eigenvalue weighted by Gasteiger charge is -2.26. The maximum absolute atomic E-state index is 14.5. The number of halogens is 5. The first-order valence-corrected chi connectivity index (χ1v) is 11.0. The molecule has 0 fully saturated rings. The first-order chi connectivity index (χ1) is 14.2. The maximum Gasteiger partial charge on any atom is 0.423 e. The second-order valence-electron chi connectivity index (χ2n) is 9.20. The van der Waals surface area contributed by atoms with Crippen molar-refractivity contribution in [1.82, 2.24) is 0 Å². The van der Waals surface area contributed by atoms with Crippen molar-refractivity contribution in [1.29, 1.82) is 0 Å². The number of rotatable bonds is 4. The second kappa shape index (κ2) is 8.32. The molecule has 2 aromatic carbocycles. The van der Waals surface area contributed by atoms with Gasteiger partial charge in [0.05, 0.1) is 5.30 Å². The van der Waals surface area contributed by atoms with Crippen LogP contribution in [-0.4, -0.2) is 15.4 Å². The molecule has 11 heteroatoms. The van der Waals surface area contributed by atoms with Crippen LogP contribution >= 0.6 is 7.60 Å². The highest BCUT2D eigenvalue weighted by Crippen LogP contribution is 2.48. The van der Waals surface area contributed by atoms with Crippen molar-refractivity contribution in [3.8, 4) is 17.2 Å². The van der Waals surface area contributed by atoms with Gasteiger partial charge in [0.2, 0.25) is 0 Å². The molecule has 0 heterocycles. The van der Waals surface area contributed by atoms with Crippen molar-refractivity contribution in [2.75, 3.05) is 0 Å². The zero-order valence-corrected chi connectivity index (χ0v) is 19.2. The molecule has 5 nitrogen and oxygen atoms in total. The highest BCUT2D eigenvalue weighted by Gasteiger charge is 2.43. The Morgan fingerprint density at radius 1 is 0.844 bits per heavy atom. The van der Waals surface area contributed by atoms with Gasteiger partial charge in [0.25, 0.3) is 0 Å². The lowest BCUT2D eigenvalue weighted by molar-refractivity contribution is -0.141. The van der Waals surface area contributed by atoms with Crippen molar-refractivity contribution in [3.63, 3.8) is 0 Å². The fourth-order valence-corrected chi connectivity index (χ4v) is 3.31. The summed E-state index contributed by atoms with van der Waals surface area (Å²) in [5.41, 5.74) is -3.44. The summed E-state index contributed by atoms with van der Waals surface area (Å²) in [4.78, 5) is 19.1. The molecule has 0 aliphatic rings. The summed E-state index contributed by atoms with van der Waals surface area (Å²) in [6.45, 7) is 9.25. The quantitative estimate of drug-likeness (QED) is 0.410. The Hall–Kier alpha value is -2.16. The summed E-state index contributed by atoms with van der Waals surface area (Å²) in [5.74, 6) is -6.32. The van der Waals surface area contributed by atoms with Crippen LogP contribution in [0.25, 0.3) is 0 Å². The van der Waals surface area contributed by atoms with E-state index in [2.05, 4.69) is 0 Å². The molecule has 178 valence electrons. The fourth-order valence-electron chi connectivity index (χ4n) is 2.71. The topological polar surface area (TPSA) is 76.0 Å². The van der Waals surface area contributed by atoms with Crippen LogP contribution in [0.1, 0.15) is 52.7 Å². The van der Waals surface area contributed by atoms with E-state index in [4.69, 9.17) is 9.47 Å². The third-order valence-corrected chi connectivity index (χ3v) is 5.08. The SMILES string of the molecule is CC(C)(C)Oc1c(F)cc(F)c(Oc2cc(C(C)(C)C)cc(P(=O)(O)O)c2)c1C(F)(F)F. The van der Waals surface area contributed by atoms with E-state index in [1.54, 1.807) is 20.8 Å². The third-order valence-electron chi connectivity index (χ3n) is 4.15. The molecule has 2 rings (SSSR count). The van der Waals surface area contributed by atoms with Crippen molar-refractivity contribution < 1.29 is 45.8 Å². The van der Waals surface area contributed by atoms with Gasteiger partial charge in [-0.1, -0.05) is 20.8 Å². The monoisotopic (exact) mass is 482 g/mol. The highest BCUT2D eigenvalue weighted by atomic mass is 31.2. The van der Waals surface area contributed by atoms with Gasteiger partial charge in [-0.3, -0.25) is 4.57 Å². The average molecular weight is 482 g/mol. The minimum atomic E-state index is -5.27. The molecule has 0 saturated carbocycles. The zero-order chi connectivity index (χ0) is 24.9. The van der Waals surface area contributed by atoms with E-state index < -0.39 is 64.5 Å². The largest absolute Gasteiger partial charge is 0.484 e. The van der Waals surface area contributed by atoms with Crippen LogP contribution in [0.4, 0.5) is 22.0 Å². The molecule has 0 saturated heterocycles. The lowest BCUT2D eigenvalue weighted by atomic mass is 9.87.